The van der Waals surface area contributed by atoms with Gasteiger partial charge in [0.1, 0.15) is 5.56 Å². The molecule has 1 fully saturated rings. The second-order valence-corrected chi connectivity index (χ2v) is 7.70. The minimum atomic E-state index is -3.13. The number of aryl methyl sites for hydroxylation is 1. The van der Waals surface area contributed by atoms with E-state index in [2.05, 4.69) is 5.32 Å². The van der Waals surface area contributed by atoms with Gasteiger partial charge in [-0.25, -0.2) is 13.2 Å². The van der Waals surface area contributed by atoms with Gasteiger partial charge in [0.2, 0.25) is 0 Å². The zero-order chi connectivity index (χ0) is 17.9. The number of rotatable bonds is 5. The zero-order valence-electron chi connectivity index (χ0n) is 12.9. The van der Waals surface area contributed by atoms with Gasteiger partial charge in [0, 0.05) is 11.6 Å². The van der Waals surface area contributed by atoms with Crippen molar-refractivity contribution >= 4 is 27.4 Å². The third-order valence-electron chi connectivity index (χ3n) is 3.57. The molecule has 1 amide bonds. The largest absolute Gasteiger partial charge is 0.452 e. The maximum absolute atomic E-state index is 12.0. The maximum atomic E-state index is 12.0. The summed E-state index contributed by atoms with van der Waals surface area (Å²) in [5.74, 6) is -1.77. The highest BCUT2D eigenvalue weighted by molar-refractivity contribution is 7.91. The topological polar surface area (TPSA) is 133 Å². The molecule has 10 heteroatoms. The van der Waals surface area contributed by atoms with Gasteiger partial charge in [-0.3, -0.25) is 14.9 Å². The summed E-state index contributed by atoms with van der Waals surface area (Å²) >= 11 is 0. The van der Waals surface area contributed by atoms with Crippen LogP contribution in [-0.2, 0) is 19.4 Å². The van der Waals surface area contributed by atoms with Crippen LogP contribution < -0.4 is 5.32 Å². The van der Waals surface area contributed by atoms with Crippen LogP contribution in [-0.4, -0.2) is 49.4 Å². The van der Waals surface area contributed by atoms with Crippen LogP contribution in [0.3, 0.4) is 0 Å². The molecule has 130 valence electrons. The second kappa shape index (κ2) is 6.95. The number of esters is 1. The molecule has 1 saturated heterocycles. The van der Waals surface area contributed by atoms with E-state index in [0.717, 1.165) is 0 Å². The Morgan fingerprint density at radius 3 is 2.71 bits per heavy atom. The number of carbonyl (C=O) groups is 2. The first-order valence-electron chi connectivity index (χ1n) is 7.10. The van der Waals surface area contributed by atoms with E-state index in [1.165, 1.54) is 25.1 Å². The lowest BCUT2D eigenvalue weighted by atomic mass is 10.1. The molecule has 0 aliphatic carbocycles. The van der Waals surface area contributed by atoms with Crippen molar-refractivity contribution in [1.29, 1.82) is 0 Å². The highest BCUT2D eigenvalue weighted by Crippen LogP contribution is 2.23. The molecular formula is C14H16N2O7S. The Balaban J connectivity index is 1.95. The molecule has 0 aromatic heterocycles. The van der Waals surface area contributed by atoms with Gasteiger partial charge in [0.25, 0.3) is 11.6 Å². The summed E-state index contributed by atoms with van der Waals surface area (Å²) < 4.78 is 27.4. The van der Waals surface area contributed by atoms with E-state index in [1.807, 2.05) is 0 Å². The molecule has 24 heavy (non-hydrogen) atoms. The molecule has 2 rings (SSSR count). The van der Waals surface area contributed by atoms with E-state index < -0.39 is 39.3 Å². The van der Waals surface area contributed by atoms with E-state index in [4.69, 9.17) is 4.74 Å². The van der Waals surface area contributed by atoms with Gasteiger partial charge in [-0.2, -0.15) is 0 Å². The van der Waals surface area contributed by atoms with Gasteiger partial charge in [-0.05, 0) is 19.4 Å². The third kappa shape index (κ3) is 4.28. The minimum Gasteiger partial charge on any atom is -0.452 e. The van der Waals surface area contributed by atoms with E-state index in [1.54, 1.807) is 0 Å². The van der Waals surface area contributed by atoms with Crippen LogP contribution in [0.2, 0.25) is 0 Å². The van der Waals surface area contributed by atoms with Crippen LogP contribution in [0, 0.1) is 17.0 Å². The molecule has 1 heterocycles. The number of sulfone groups is 1. The SMILES string of the molecule is Cc1cccc(C(=O)OCC(=O)N[C@H]2CCS(=O)(=O)C2)c1[N+](=O)[O-]. The van der Waals surface area contributed by atoms with Crippen LogP contribution in [0.25, 0.3) is 0 Å². The Bertz CT molecular complexity index is 788. The number of nitrogens with zero attached hydrogens (tertiary/aromatic N) is 1. The quantitative estimate of drug-likeness (QED) is 0.457. The van der Waals surface area contributed by atoms with E-state index in [-0.39, 0.29) is 22.8 Å². The molecule has 1 atom stereocenters. The van der Waals surface area contributed by atoms with Gasteiger partial charge in [0.15, 0.2) is 16.4 Å². The molecule has 0 unspecified atom stereocenters. The van der Waals surface area contributed by atoms with E-state index >= 15 is 0 Å². The average Bonchev–Trinajstić information content (AvgIpc) is 2.82. The first kappa shape index (κ1) is 17.9. The smallest absolute Gasteiger partial charge is 0.345 e. The Labute approximate surface area is 138 Å². The standard InChI is InChI=1S/C14H16N2O7S/c1-9-3-2-4-11(13(9)16(19)20)14(18)23-7-12(17)15-10-5-6-24(21,22)8-10/h2-4,10H,5-8H2,1H3,(H,15,17)/t10-/m0/s1. The molecule has 1 aromatic rings. The Morgan fingerprint density at radius 2 is 2.12 bits per heavy atom. The summed E-state index contributed by atoms with van der Waals surface area (Å²) in [4.78, 5) is 34.0. The summed E-state index contributed by atoms with van der Waals surface area (Å²) in [5.41, 5.74) is -0.309. The zero-order valence-corrected chi connectivity index (χ0v) is 13.7. The molecule has 1 N–H and O–H groups in total. The number of hydrogen-bond donors (Lipinski definition) is 1. The summed E-state index contributed by atoms with van der Waals surface area (Å²) in [6, 6.07) is 3.70. The Morgan fingerprint density at radius 1 is 1.42 bits per heavy atom. The van der Waals surface area contributed by atoms with Crippen molar-refractivity contribution in [3.05, 3.63) is 39.4 Å². The lowest BCUT2D eigenvalue weighted by Crippen LogP contribution is -2.38. The van der Waals surface area contributed by atoms with Crippen LogP contribution in [0.4, 0.5) is 5.69 Å². The molecule has 0 bridgehead atoms. The molecular weight excluding hydrogens is 340 g/mol. The number of ether oxygens (including phenoxy) is 1. The van der Waals surface area contributed by atoms with Crippen molar-refractivity contribution in [2.75, 3.05) is 18.1 Å². The van der Waals surface area contributed by atoms with Crippen molar-refractivity contribution in [3.8, 4) is 0 Å². The molecule has 1 aliphatic rings. The molecule has 0 spiro atoms. The third-order valence-corrected chi connectivity index (χ3v) is 5.34. The van der Waals surface area contributed by atoms with E-state index in [9.17, 15) is 28.1 Å². The van der Waals surface area contributed by atoms with Gasteiger partial charge in [-0.1, -0.05) is 12.1 Å². The second-order valence-electron chi connectivity index (χ2n) is 5.47. The van der Waals surface area contributed by atoms with Crippen LogP contribution >= 0.6 is 0 Å². The van der Waals surface area contributed by atoms with Crippen molar-refractivity contribution in [2.45, 2.75) is 19.4 Å². The van der Waals surface area contributed by atoms with Gasteiger partial charge < -0.3 is 10.1 Å². The number of benzene rings is 1. The van der Waals surface area contributed by atoms with Gasteiger partial charge in [0.05, 0.1) is 16.4 Å². The normalized spacial score (nSPS) is 18.8. The minimum absolute atomic E-state index is 0.00716. The number of hydrogen-bond acceptors (Lipinski definition) is 7. The highest BCUT2D eigenvalue weighted by Gasteiger charge is 2.29. The number of amides is 1. The van der Waals surface area contributed by atoms with Crippen molar-refractivity contribution in [2.24, 2.45) is 0 Å². The highest BCUT2D eigenvalue weighted by atomic mass is 32.2. The number of nitro benzene ring substituents is 1. The summed E-state index contributed by atoms with van der Waals surface area (Å²) in [5, 5.41) is 13.5. The fourth-order valence-corrected chi connectivity index (χ4v) is 4.13. The van der Waals surface area contributed by atoms with Crippen LogP contribution in [0.1, 0.15) is 22.3 Å². The first-order valence-corrected chi connectivity index (χ1v) is 8.92. The number of para-hydroxylation sites is 1. The monoisotopic (exact) mass is 356 g/mol. The lowest BCUT2D eigenvalue weighted by molar-refractivity contribution is -0.385. The van der Waals surface area contributed by atoms with Crippen LogP contribution in [0.15, 0.2) is 18.2 Å². The molecule has 1 aromatic carbocycles. The maximum Gasteiger partial charge on any atom is 0.345 e. The fraction of sp³-hybridized carbons (Fsp3) is 0.429. The van der Waals surface area contributed by atoms with Crippen molar-refractivity contribution < 1.29 is 27.7 Å². The lowest BCUT2D eigenvalue weighted by Gasteiger charge is -2.11. The predicted molar refractivity (Wildman–Crippen MR) is 83.3 cm³/mol. The number of nitro groups is 1. The van der Waals surface area contributed by atoms with Gasteiger partial charge in [-0.15, -0.1) is 0 Å². The van der Waals surface area contributed by atoms with Gasteiger partial charge >= 0.3 is 5.97 Å². The molecule has 9 nitrogen and oxygen atoms in total. The van der Waals surface area contributed by atoms with Crippen molar-refractivity contribution in [3.63, 3.8) is 0 Å². The Kier molecular flexibility index (Phi) is 5.17. The molecule has 1 aliphatic heterocycles. The fourth-order valence-electron chi connectivity index (χ4n) is 2.45. The summed E-state index contributed by atoms with van der Waals surface area (Å²) in [6.45, 7) is 0.850. The first-order chi connectivity index (χ1) is 11.2. The summed E-state index contributed by atoms with van der Waals surface area (Å²) in [6.07, 6.45) is 0.311. The summed E-state index contributed by atoms with van der Waals surface area (Å²) in [7, 11) is -3.13. The predicted octanol–water partition coefficient (Wildman–Crippen LogP) is 0.363. The number of nitrogens with one attached hydrogen (secondary N) is 1. The van der Waals surface area contributed by atoms with Crippen LogP contribution in [0.5, 0.6) is 0 Å². The molecule has 0 saturated carbocycles. The Hall–Kier alpha value is -2.49. The number of carbonyl (C=O) groups excluding carboxylic acids is 2. The average molecular weight is 356 g/mol. The van der Waals surface area contributed by atoms with E-state index in [0.29, 0.717) is 12.0 Å². The molecule has 0 radical (unpaired) electrons. The van der Waals surface area contributed by atoms with Crippen molar-refractivity contribution in [1.82, 2.24) is 5.32 Å².